The Morgan fingerprint density at radius 2 is 2.20 bits per heavy atom. The molecule has 0 radical (unpaired) electrons. The molecule has 1 saturated heterocycles. The maximum atomic E-state index is 11.9. The van der Waals surface area contributed by atoms with Crippen molar-refractivity contribution in [2.45, 2.75) is 25.1 Å². The molecule has 1 heterocycles. The van der Waals surface area contributed by atoms with Crippen molar-refractivity contribution in [3.8, 4) is 0 Å². The normalized spacial score (nSPS) is 25.2. The Balaban J connectivity index is 2.10. The summed E-state index contributed by atoms with van der Waals surface area (Å²) in [5, 5.41) is 14.5. The lowest BCUT2D eigenvalue weighted by Gasteiger charge is -2.24. The first-order chi connectivity index (χ1) is 7.00. The third-order valence-corrected chi connectivity index (χ3v) is 2.55. The number of aliphatic hydroxyl groups is 1. The van der Waals surface area contributed by atoms with Crippen molar-refractivity contribution in [3.05, 3.63) is 0 Å². The van der Waals surface area contributed by atoms with Crippen LogP contribution in [-0.2, 0) is 0 Å². The molecule has 1 fully saturated rings. The van der Waals surface area contributed by atoms with Gasteiger partial charge in [-0.2, -0.15) is 13.2 Å². The van der Waals surface area contributed by atoms with E-state index in [2.05, 4.69) is 10.6 Å². The number of halogens is 3. The first-order valence-corrected chi connectivity index (χ1v) is 5.16. The van der Waals surface area contributed by atoms with Gasteiger partial charge in [0.15, 0.2) is 6.10 Å². The van der Waals surface area contributed by atoms with Crippen LogP contribution in [-0.4, -0.2) is 43.6 Å². The fourth-order valence-electron chi connectivity index (χ4n) is 1.64. The SMILES string of the molecule is OC(CNCC1CCCNC1)C(F)(F)F. The van der Waals surface area contributed by atoms with Gasteiger partial charge in [-0.25, -0.2) is 0 Å². The summed E-state index contributed by atoms with van der Waals surface area (Å²) in [5.74, 6) is 0.374. The highest BCUT2D eigenvalue weighted by Gasteiger charge is 2.37. The summed E-state index contributed by atoms with van der Waals surface area (Å²) in [6.45, 7) is 1.94. The van der Waals surface area contributed by atoms with Crippen molar-refractivity contribution in [3.63, 3.8) is 0 Å². The molecule has 3 N–H and O–H groups in total. The molecule has 2 atom stereocenters. The summed E-state index contributed by atoms with van der Waals surface area (Å²) < 4.78 is 35.7. The predicted octanol–water partition coefficient (Wildman–Crippen LogP) is 0.499. The molecule has 0 aromatic rings. The van der Waals surface area contributed by atoms with E-state index in [1.807, 2.05) is 0 Å². The van der Waals surface area contributed by atoms with E-state index < -0.39 is 18.8 Å². The van der Waals surface area contributed by atoms with E-state index in [9.17, 15) is 13.2 Å². The second-order valence-electron chi connectivity index (χ2n) is 3.93. The minimum atomic E-state index is -4.52. The van der Waals surface area contributed by atoms with Crippen LogP contribution >= 0.6 is 0 Å². The molecule has 2 unspecified atom stereocenters. The van der Waals surface area contributed by atoms with Gasteiger partial charge in [-0.15, -0.1) is 0 Å². The predicted molar refractivity (Wildman–Crippen MR) is 50.5 cm³/mol. The Bertz CT molecular complexity index is 181. The summed E-state index contributed by atoms with van der Waals surface area (Å²) in [6, 6.07) is 0. The number of aliphatic hydroxyl groups excluding tert-OH is 1. The molecule has 1 rings (SSSR count). The second-order valence-corrected chi connectivity index (χ2v) is 3.93. The van der Waals surface area contributed by atoms with Crippen LogP contribution in [0, 0.1) is 5.92 Å². The monoisotopic (exact) mass is 226 g/mol. The van der Waals surface area contributed by atoms with Crippen LogP contribution in [0.2, 0.25) is 0 Å². The fourth-order valence-corrected chi connectivity index (χ4v) is 1.64. The van der Waals surface area contributed by atoms with Gasteiger partial charge in [0.25, 0.3) is 0 Å². The van der Waals surface area contributed by atoms with E-state index in [-0.39, 0.29) is 0 Å². The summed E-state index contributed by atoms with van der Waals surface area (Å²) in [7, 11) is 0. The van der Waals surface area contributed by atoms with E-state index in [4.69, 9.17) is 5.11 Å². The molecule has 0 aliphatic carbocycles. The van der Waals surface area contributed by atoms with E-state index in [1.54, 1.807) is 0 Å². The van der Waals surface area contributed by atoms with Crippen molar-refractivity contribution in [2.24, 2.45) is 5.92 Å². The van der Waals surface area contributed by atoms with Gasteiger partial charge < -0.3 is 15.7 Å². The number of hydrogen-bond acceptors (Lipinski definition) is 3. The summed E-state index contributed by atoms with van der Waals surface area (Å²) >= 11 is 0. The van der Waals surface area contributed by atoms with Crippen LogP contribution in [0.4, 0.5) is 13.2 Å². The molecule has 3 nitrogen and oxygen atoms in total. The minimum Gasteiger partial charge on any atom is -0.382 e. The van der Waals surface area contributed by atoms with Gasteiger partial charge in [-0.05, 0) is 38.4 Å². The number of nitrogens with one attached hydrogen (secondary N) is 2. The largest absolute Gasteiger partial charge is 0.415 e. The van der Waals surface area contributed by atoms with Gasteiger partial charge in [0.2, 0.25) is 0 Å². The van der Waals surface area contributed by atoms with Crippen LogP contribution < -0.4 is 10.6 Å². The molecular formula is C9H17F3N2O. The molecule has 1 aliphatic heterocycles. The maximum Gasteiger partial charge on any atom is 0.415 e. The first kappa shape index (κ1) is 12.7. The average molecular weight is 226 g/mol. The van der Waals surface area contributed by atoms with Gasteiger partial charge in [0.05, 0.1) is 0 Å². The van der Waals surface area contributed by atoms with Crippen LogP contribution in [0.5, 0.6) is 0 Å². The van der Waals surface area contributed by atoms with Gasteiger partial charge in [0, 0.05) is 6.54 Å². The lowest BCUT2D eigenvalue weighted by Crippen LogP contribution is -2.42. The zero-order valence-electron chi connectivity index (χ0n) is 8.48. The lowest BCUT2D eigenvalue weighted by atomic mass is 10.00. The van der Waals surface area contributed by atoms with Crippen molar-refractivity contribution in [1.29, 1.82) is 0 Å². The molecule has 0 aromatic carbocycles. The third-order valence-electron chi connectivity index (χ3n) is 2.55. The number of alkyl halides is 3. The molecule has 15 heavy (non-hydrogen) atoms. The Kier molecular flexibility index (Phi) is 4.82. The highest BCUT2D eigenvalue weighted by Crippen LogP contribution is 2.19. The van der Waals surface area contributed by atoms with Gasteiger partial charge in [-0.3, -0.25) is 0 Å². The minimum absolute atomic E-state index is 0.374. The number of hydrogen-bond donors (Lipinski definition) is 3. The number of rotatable bonds is 4. The zero-order valence-corrected chi connectivity index (χ0v) is 8.48. The fraction of sp³-hybridized carbons (Fsp3) is 1.00. The Morgan fingerprint density at radius 1 is 1.47 bits per heavy atom. The van der Waals surface area contributed by atoms with Crippen LogP contribution in [0.25, 0.3) is 0 Å². The van der Waals surface area contributed by atoms with Crippen molar-refractivity contribution in [2.75, 3.05) is 26.2 Å². The molecule has 0 amide bonds. The molecule has 1 aliphatic rings. The molecule has 0 bridgehead atoms. The van der Waals surface area contributed by atoms with E-state index in [0.29, 0.717) is 12.5 Å². The summed E-state index contributed by atoms with van der Waals surface area (Å²) in [6.07, 6.45) is -4.68. The third kappa shape index (κ3) is 4.81. The van der Waals surface area contributed by atoms with Gasteiger partial charge in [-0.1, -0.05) is 0 Å². The van der Waals surface area contributed by atoms with Crippen LogP contribution in [0.15, 0.2) is 0 Å². The molecule has 0 aromatic heterocycles. The van der Waals surface area contributed by atoms with Crippen molar-refractivity contribution >= 4 is 0 Å². The maximum absolute atomic E-state index is 11.9. The van der Waals surface area contributed by atoms with E-state index >= 15 is 0 Å². The van der Waals surface area contributed by atoms with E-state index in [1.165, 1.54) is 0 Å². The Morgan fingerprint density at radius 3 is 2.73 bits per heavy atom. The first-order valence-electron chi connectivity index (χ1n) is 5.16. The molecular weight excluding hydrogens is 209 g/mol. The Labute approximate surface area is 87.0 Å². The molecule has 0 spiro atoms. The smallest absolute Gasteiger partial charge is 0.382 e. The summed E-state index contributed by atoms with van der Waals surface area (Å²) in [5.41, 5.74) is 0. The highest BCUT2D eigenvalue weighted by molar-refractivity contribution is 4.73. The second kappa shape index (κ2) is 5.67. The average Bonchev–Trinajstić information content (AvgIpc) is 2.18. The van der Waals surface area contributed by atoms with Gasteiger partial charge in [0.1, 0.15) is 0 Å². The highest BCUT2D eigenvalue weighted by atomic mass is 19.4. The standard InChI is InChI=1S/C9H17F3N2O/c10-9(11,12)8(15)6-14-5-7-2-1-3-13-4-7/h7-8,13-15H,1-6H2. The van der Waals surface area contributed by atoms with Crippen LogP contribution in [0.3, 0.4) is 0 Å². The molecule has 0 saturated carbocycles. The molecule has 90 valence electrons. The topological polar surface area (TPSA) is 44.3 Å². The number of piperidine rings is 1. The van der Waals surface area contributed by atoms with Crippen molar-refractivity contribution < 1.29 is 18.3 Å². The molecule has 6 heteroatoms. The van der Waals surface area contributed by atoms with Gasteiger partial charge >= 0.3 is 6.18 Å². The Hall–Kier alpha value is -0.330. The van der Waals surface area contributed by atoms with Crippen molar-refractivity contribution in [1.82, 2.24) is 10.6 Å². The zero-order chi connectivity index (χ0) is 11.3. The van der Waals surface area contributed by atoms with E-state index in [0.717, 1.165) is 25.9 Å². The summed E-state index contributed by atoms with van der Waals surface area (Å²) in [4.78, 5) is 0. The van der Waals surface area contributed by atoms with Crippen LogP contribution in [0.1, 0.15) is 12.8 Å². The lowest BCUT2D eigenvalue weighted by molar-refractivity contribution is -0.201. The quantitative estimate of drug-likeness (QED) is 0.654.